The molecule has 0 aromatic heterocycles. The SMILES string of the molecule is C[CH]=[Ti+2].O=CO.O=CO.c1ccc2[cH-]ccc2c1.c1ccc2[cH-]ccc2c1. The molecule has 2 N–H and O–H groups in total. The third-order valence-electron chi connectivity index (χ3n) is 3.10. The second kappa shape index (κ2) is 16.6. The monoisotopic (exact) mass is 398 g/mol. The van der Waals surface area contributed by atoms with Gasteiger partial charge in [0.15, 0.2) is 0 Å². The molecule has 5 heteroatoms. The number of benzene rings is 2. The second-order valence-electron chi connectivity index (χ2n) is 4.81. The zero-order valence-corrected chi connectivity index (χ0v) is 16.6. The van der Waals surface area contributed by atoms with Gasteiger partial charge in [0.05, 0.1) is 0 Å². The molecular formula is C22H22O4Ti. The van der Waals surface area contributed by atoms with Crippen LogP contribution < -0.4 is 0 Å². The van der Waals surface area contributed by atoms with E-state index in [0.29, 0.717) is 0 Å². The van der Waals surface area contributed by atoms with Crippen LogP contribution in [0.15, 0.2) is 84.9 Å². The maximum absolute atomic E-state index is 8.36. The predicted octanol–water partition coefficient (Wildman–Crippen LogP) is 4.87. The Balaban J connectivity index is 0.000000354. The van der Waals surface area contributed by atoms with Crippen LogP contribution in [-0.2, 0) is 29.6 Å². The summed E-state index contributed by atoms with van der Waals surface area (Å²) >= 11 is 2.00. The number of carboxylic acid groups (broad SMARTS) is 2. The number of carbonyl (C=O) groups is 2. The van der Waals surface area contributed by atoms with Crippen LogP contribution >= 0.6 is 0 Å². The Bertz CT molecular complexity index is 753. The maximum Gasteiger partial charge on any atom is 0.290 e. The van der Waals surface area contributed by atoms with Crippen LogP contribution in [0.2, 0.25) is 0 Å². The zero-order valence-electron chi connectivity index (χ0n) is 15.0. The average Bonchev–Trinajstić information content (AvgIpc) is 3.33. The summed E-state index contributed by atoms with van der Waals surface area (Å²) in [7, 11) is 0. The molecule has 0 saturated carbocycles. The van der Waals surface area contributed by atoms with E-state index in [2.05, 4.69) is 84.9 Å². The van der Waals surface area contributed by atoms with Crippen molar-refractivity contribution in [2.75, 3.05) is 0 Å². The number of fused-ring (bicyclic) bond motifs is 2. The van der Waals surface area contributed by atoms with E-state index < -0.39 is 0 Å². The number of rotatable bonds is 0. The first kappa shape index (κ1) is 24.2. The third-order valence-corrected chi connectivity index (χ3v) is 3.10. The first-order valence-electron chi connectivity index (χ1n) is 8.00. The first-order chi connectivity index (χ1) is 13.2. The molecule has 0 bridgehead atoms. The van der Waals surface area contributed by atoms with Gasteiger partial charge in [-0.25, -0.2) is 0 Å². The standard InChI is InChI=1S/2C9H7.C2H4.2CH2O2.Ti/c2*1-2-5-9-7-3-6-8(9)4-1;1-2;2*2-1-3;/h2*1-7H;1H,2H3;2*1H,(H,2,3);/q2*-1;;;;+2. The van der Waals surface area contributed by atoms with Crippen molar-refractivity contribution in [1.29, 1.82) is 0 Å². The molecule has 0 unspecified atom stereocenters. The van der Waals surface area contributed by atoms with Crippen LogP contribution in [0.3, 0.4) is 0 Å². The molecule has 27 heavy (non-hydrogen) atoms. The summed E-state index contributed by atoms with van der Waals surface area (Å²) in [5, 5.41) is 19.1. The molecule has 0 radical (unpaired) electrons. The van der Waals surface area contributed by atoms with Crippen molar-refractivity contribution in [3.05, 3.63) is 84.9 Å². The fourth-order valence-electron chi connectivity index (χ4n) is 2.14. The van der Waals surface area contributed by atoms with Gasteiger partial charge in [-0.15, -0.1) is 59.3 Å². The molecule has 0 atom stereocenters. The molecule has 4 aromatic rings. The van der Waals surface area contributed by atoms with Gasteiger partial charge in [0.2, 0.25) is 0 Å². The van der Waals surface area contributed by atoms with E-state index in [1.807, 2.05) is 31.2 Å². The molecule has 138 valence electrons. The maximum atomic E-state index is 8.36. The van der Waals surface area contributed by atoms with E-state index in [4.69, 9.17) is 19.8 Å². The van der Waals surface area contributed by atoms with Crippen LogP contribution in [0.1, 0.15) is 6.92 Å². The van der Waals surface area contributed by atoms with Gasteiger partial charge in [-0.3, -0.25) is 9.59 Å². The van der Waals surface area contributed by atoms with Gasteiger partial charge in [-0.05, 0) is 0 Å². The van der Waals surface area contributed by atoms with E-state index in [1.54, 1.807) is 0 Å². The van der Waals surface area contributed by atoms with E-state index in [-0.39, 0.29) is 12.9 Å². The van der Waals surface area contributed by atoms with Gasteiger partial charge in [-0.2, -0.15) is 35.0 Å². The summed E-state index contributed by atoms with van der Waals surface area (Å²) in [6.07, 6.45) is 0. The Morgan fingerprint density at radius 3 is 1.33 bits per heavy atom. The molecule has 4 aromatic carbocycles. The summed E-state index contributed by atoms with van der Waals surface area (Å²) in [6, 6.07) is 29.3. The van der Waals surface area contributed by atoms with Gasteiger partial charge in [-0.1, -0.05) is 12.1 Å². The quantitative estimate of drug-likeness (QED) is 0.252. The summed E-state index contributed by atoms with van der Waals surface area (Å²) in [4.78, 5) is 16.7. The largest absolute Gasteiger partial charge is 0.483 e. The molecule has 0 saturated heterocycles. The molecule has 0 amide bonds. The van der Waals surface area contributed by atoms with Crippen molar-refractivity contribution in [3.63, 3.8) is 0 Å². The van der Waals surface area contributed by atoms with Crippen LogP contribution in [0.5, 0.6) is 0 Å². The molecule has 0 aliphatic carbocycles. The van der Waals surface area contributed by atoms with Crippen LogP contribution in [0.4, 0.5) is 0 Å². The van der Waals surface area contributed by atoms with Crippen molar-refractivity contribution in [2.45, 2.75) is 6.92 Å². The minimum Gasteiger partial charge on any atom is -0.483 e. The second-order valence-corrected chi connectivity index (χ2v) is 5.71. The van der Waals surface area contributed by atoms with E-state index in [9.17, 15) is 0 Å². The van der Waals surface area contributed by atoms with Crippen molar-refractivity contribution >= 4 is 38.8 Å². The molecule has 0 heterocycles. The van der Waals surface area contributed by atoms with E-state index in [1.165, 1.54) is 21.5 Å². The molecule has 0 spiro atoms. The summed E-state index contributed by atoms with van der Waals surface area (Å²) < 4.78 is 2.00. The van der Waals surface area contributed by atoms with E-state index >= 15 is 0 Å². The van der Waals surface area contributed by atoms with Crippen LogP contribution in [-0.4, -0.2) is 27.5 Å². The van der Waals surface area contributed by atoms with Crippen molar-refractivity contribution in [2.24, 2.45) is 0 Å². The zero-order chi connectivity index (χ0) is 20.3. The number of hydrogen-bond acceptors (Lipinski definition) is 2. The summed E-state index contributed by atoms with van der Waals surface area (Å²) in [5.41, 5.74) is 0. The number of hydrogen-bond donors (Lipinski definition) is 2. The van der Waals surface area contributed by atoms with Crippen molar-refractivity contribution in [3.8, 4) is 0 Å². The Morgan fingerprint density at radius 1 is 0.741 bits per heavy atom. The van der Waals surface area contributed by atoms with Crippen LogP contribution in [0, 0.1) is 0 Å². The summed E-state index contributed by atoms with van der Waals surface area (Å²) in [6.45, 7) is 1.50. The topological polar surface area (TPSA) is 74.6 Å². The predicted molar refractivity (Wildman–Crippen MR) is 108 cm³/mol. The average molecular weight is 398 g/mol. The minimum absolute atomic E-state index is 0.250. The van der Waals surface area contributed by atoms with Gasteiger partial charge in [0.1, 0.15) is 0 Å². The minimum atomic E-state index is -0.250. The summed E-state index contributed by atoms with van der Waals surface area (Å²) in [5.74, 6) is 0. The Hall–Kier alpha value is -2.82. The van der Waals surface area contributed by atoms with Gasteiger partial charge >= 0.3 is 31.2 Å². The van der Waals surface area contributed by atoms with Crippen molar-refractivity contribution in [1.82, 2.24) is 0 Å². The van der Waals surface area contributed by atoms with Gasteiger partial charge in [0, 0.05) is 0 Å². The smallest absolute Gasteiger partial charge is 0.290 e. The normalized spacial score (nSPS) is 8.26. The molecule has 4 rings (SSSR count). The van der Waals surface area contributed by atoms with Gasteiger partial charge < -0.3 is 10.2 Å². The van der Waals surface area contributed by atoms with Gasteiger partial charge in [0.25, 0.3) is 12.9 Å². The first-order valence-corrected chi connectivity index (χ1v) is 8.90. The molecule has 0 fully saturated rings. The molecule has 4 nitrogen and oxygen atoms in total. The van der Waals surface area contributed by atoms with Crippen LogP contribution in [0.25, 0.3) is 21.5 Å². The fraction of sp³-hybridized carbons (Fsp3) is 0.0455. The molecule has 0 aliphatic rings. The Labute approximate surface area is 170 Å². The third kappa shape index (κ3) is 10.7. The Kier molecular flexibility index (Phi) is 14.9. The Morgan fingerprint density at radius 2 is 1.04 bits per heavy atom. The van der Waals surface area contributed by atoms with Crippen molar-refractivity contribution < 1.29 is 39.8 Å². The van der Waals surface area contributed by atoms with E-state index in [0.717, 1.165) is 0 Å². The fourth-order valence-corrected chi connectivity index (χ4v) is 2.14. The molecular weight excluding hydrogens is 376 g/mol. The molecule has 0 aliphatic heterocycles.